The number of carbonyl (C=O) groups excluding carboxylic acids is 2. The second-order valence-electron chi connectivity index (χ2n) is 7.62. The van der Waals surface area contributed by atoms with Gasteiger partial charge in [-0.1, -0.05) is 23.4 Å². The van der Waals surface area contributed by atoms with Crippen molar-refractivity contribution in [3.05, 3.63) is 70.9 Å². The second kappa shape index (κ2) is 11.1. The summed E-state index contributed by atoms with van der Waals surface area (Å²) in [6.07, 6.45) is -3.37. The molecule has 2 amide bonds. The van der Waals surface area contributed by atoms with Gasteiger partial charge >= 0.3 is 6.18 Å². The molecule has 2 aromatic carbocycles. The van der Waals surface area contributed by atoms with Gasteiger partial charge in [0, 0.05) is 17.7 Å². The third-order valence-electron chi connectivity index (χ3n) is 5.04. The van der Waals surface area contributed by atoms with E-state index in [1.807, 2.05) is 0 Å². The van der Waals surface area contributed by atoms with E-state index < -0.39 is 17.0 Å². The summed E-state index contributed by atoms with van der Waals surface area (Å²) < 4.78 is 49.6. The zero-order chi connectivity index (χ0) is 26.6. The van der Waals surface area contributed by atoms with Crippen LogP contribution in [-0.2, 0) is 15.8 Å². The molecule has 0 aliphatic carbocycles. The highest BCUT2D eigenvalue weighted by molar-refractivity contribution is 8.15. The first-order chi connectivity index (χ1) is 17.6. The van der Waals surface area contributed by atoms with Gasteiger partial charge < -0.3 is 19.8 Å². The van der Waals surface area contributed by atoms with E-state index in [1.165, 1.54) is 25.5 Å². The molecule has 13 heteroatoms. The summed E-state index contributed by atoms with van der Waals surface area (Å²) in [6.45, 7) is 0. The number of nitrogens with one attached hydrogen (secondary N) is 2. The Labute approximate surface area is 217 Å². The largest absolute Gasteiger partial charge is 0.497 e. The summed E-state index contributed by atoms with van der Waals surface area (Å²) in [5, 5.41) is 12.6. The van der Waals surface area contributed by atoms with Gasteiger partial charge in [0.05, 0.1) is 23.9 Å². The molecule has 192 valence electrons. The number of furan rings is 1. The average Bonchev–Trinajstić information content (AvgIpc) is 3.45. The lowest BCUT2D eigenvalue weighted by Gasteiger charge is -2.08. The lowest BCUT2D eigenvalue weighted by Crippen LogP contribution is -2.28. The molecule has 1 atom stereocenters. The van der Waals surface area contributed by atoms with E-state index in [1.54, 1.807) is 24.3 Å². The Kier molecular flexibility index (Phi) is 7.89. The molecule has 1 unspecified atom stereocenters. The van der Waals surface area contributed by atoms with E-state index >= 15 is 0 Å². The van der Waals surface area contributed by atoms with E-state index in [4.69, 9.17) is 20.8 Å². The molecule has 4 rings (SSSR count). The van der Waals surface area contributed by atoms with Gasteiger partial charge in [-0.3, -0.25) is 9.59 Å². The second-order valence-corrected chi connectivity index (χ2v) is 9.22. The van der Waals surface area contributed by atoms with Gasteiger partial charge in [-0.25, -0.2) is 0 Å². The lowest BCUT2D eigenvalue weighted by molar-refractivity contribution is -0.137. The molecule has 37 heavy (non-hydrogen) atoms. The summed E-state index contributed by atoms with van der Waals surface area (Å²) in [4.78, 5) is 24.5. The summed E-state index contributed by atoms with van der Waals surface area (Å²) in [7, 11) is 1.54. The van der Waals surface area contributed by atoms with Crippen molar-refractivity contribution in [2.45, 2.75) is 17.8 Å². The Morgan fingerprint density at radius 1 is 1.22 bits per heavy atom. The van der Waals surface area contributed by atoms with Gasteiger partial charge in [-0.15, -0.1) is 5.10 Å². The number of carbonyl (C=O) groups is 2. The van der Waals surface area contributed by atoms with Gasteiger partial charge in [0.25, 0.3) is 0 Å². The number of hydrogen-bond acceptors (Lipinski definition) is 7. The predicted octanol–water partition coefficient (Wildman–Crippen LogP) is 5.58. The van der Waals surface area contributed by atoms with Crippen LogP contribution in [-0.4, -0.2) is 35.6 Å². The van der Waals surface area contributed by atoms with Crippen molar-refractivity contribution in [3.63, 3.8) is 0 Å². The smallest absolute Gasteiger partial charge is 0.416 e. The average molecular weight is 551 g/mol. The Morgan fingerprint density at radius 2 is 1.97 bits per heavy atom. The van der Waals surface area contributed by atoms with Crippen LogP contribution in [0.15, 0.2) is 69.2 Å². The minimum atomic E-state index is -4.52. The first kappa shape index (κ1) is 26.3. The fraction of sp³-hybridized carbons (Fsp3) is 0.167. The standard InChI is InChI=1S/C24H18ClF3N4O4S/c1-35-15-5-3-14(4-6-15)30-21(33)11-20-22(34)31-23(37-20)32-29-12-16-7-9-19(36-16)17-10-13(24(26,27)28)2-8-18(17)25/h2-10,12,20H,11H2,1H3,(H,30,33)(H,31,32,34)/b29-12+. The minimum Gasteiger partial charge on any atom is -0.497 e. The maximum Gasteiger partial charge on any atom is 0.416 e. The van der Waals surface area contributed by atoms with Gasteiger partial charge in [0.15, 0.2) is 5.17 Å². The third-order valence-corrected chi connectivity index (χ3v) is 6.44. The molecule has 2 heterocycles. The molecule has 0 bridgehead atoms. The van der Waals surface area contributed by atoms with Crippen molar-refractivity contribution < 1.29 is 31.9 Å². The van der Waals surface area contributed by atoms with Crippen LogP contribution in [0.4, 0.5) is 18.9 Å². The number of benzene rings is 2. The van der Waals surface area contributed by atoms with Crippen LogP contribution in [0.1, 0.15) is 17.7 Å². The monoisotopic (exact) mass is 550 g/mol. The van der Waals surface area contributed by atoms with E-state index in [-0.39, 0.29) is 45.5 Å². The summed E-state index contributed by atoms with van der Waals surface area (Å²) in [5.41, 5.74) is -0.208. The SMILES string of the molecule is COc1ccc(NC(=O)CC2S/C(=N/N=C/c3ccc(-c4cc(C(F)(F)F)ccc4Cl)o3)NC2=O)cc1. The van der Waals surface area contributed by atoms with Crippen LogP contribution in [0.5, 0.6) is 5.75 Å². The Morgan fingerprint density at radius 3 is 2.68 bits per heavy atom. The molecule has 1 aliphatic rings. The van der Waals surface area contributed by atoms with Crippen molar-refractivity contribution in [1.82, 2.24) is 5.32 Å². The van der Waals surface area contributed by atoms with Gasteiger partial charge in [0.2, 0.25) is 11.8 Å². The van der Waals surface area contributed by atoms with Crippen LogP contribution >= 0.6 is 23.4 Å². The highest BCUT2D eigenvalue weighted by Crippen LogP contribution is 2.36. The maximum atomic E-state index is 13.0. The number of thioether (sulfide) groups is 1. The van der Waals surface area contributed by atoms with E-state index in [0.29, 0.717) is 11.4 Å². The molecule has 0 spiro atoms. The van der Waals surface area contributed by atoms with Crippen LogP contribution in [0.25, 0.3) is 11.3 Å². The number of hydrogen-bond donors (Lipinski definition) is 2. The van der Waals surface area contributed by atoms with Crippen molar-refractivity contribution in [2.24, 2.45) is 10.2 Å². The van der Waals surface area contributed by atoms with Crippen LogP contribution in [0.3, 0.4) is 0 Å². The Bertz CT molecular complexity index is 1370. The van der Waals surface area contributed by atoms with Crippen molar-refractivity contribution in [1.29, 1.82) is 0 Å². The molecule has 2 N–H and O–H groups in total. The number of methoxy groups -OCH3 is 1. The van der Waals surface area contributed by atoms with Crippen molar-refractivity contribution in [2.75, 3.05) is 12.4 Å². The quantitative estimate of drug-likeness (QED) is 0.295. The highest BCUT2D eigenvalue weighted by atomic mass is 35.5. The van der Waals surface area contributed by atoms with Gasteiger partial charge in [-0.05, 0) is 54.6 Å². The van der Waals surface area contributed by atoms with Crippen LogP contribution in [0.2, 0.25) is 5.02 Å². The number of rotatable bonds is 7. The van der Waals surface area contributed by atoms with Gasteiger partial charge in [0.1, 0.15) is 22.5 Å². The molecule has 8 nitrogen and oxygen atoms in total. The number of amides is 2. The van der Waals surface area contributed by atoms with Crippen LogP contribution in [0, 0.1) is 0 Å². The molecule has 0 radical (unpaired) electrons. The molecule has 1 fully saturated rings. The fourth-order valence-electron chi connectivity index (χ4n) is 3.24. The van der Waals surface area contributed by atoms with E-state index in [0.717, 1.165) is 30.0 Å². The number of nitrogens with zero attached hydrogens (tertiary/aromatic N) is 2. The third kappa shape index (κ3) is 6.71. The number of ether oxygens (including phenoxy) is 1. The summed E-state index contributed by atoms with van der Waals surface area (Å²) in [5.74, 6) is 0.242. The first-order valence-corrected chi connectivity index (χ1v) is 11.9. The molecular formula is C24H18ClF3N4O4S. The molecule has 3 aromatic rings. The summed E-state index contributed by atoms with van der Waals surface area (Å²) in [6, 6.07) is 12.6. The summed E-state index contributed by atoms with van der Waals surface area (Å²) >= 11 is 7.09. The number of alkyl halides is 3. The van der Waals surface area contributed by atoms with Crippen molar-refractivity contribution in [3.8, 4) is 17.1 Å². The molecule has 1 aromatic heterocycles. The molecular weight excluding hydrogens is 533 g/mol. The van der Waals surface area contributed by atoms with Gasteiger partial charge in [-0.2, -0.15) is 18.3 Å². The zero-order valence-corrected chi connectivity index (χ0v) is 20.6. The maximum absolute atomic E-state index is 13.0. The minimum absolute atomic E-state index is 0.0788. The van der Waals surface area contributed by atoms with Crippen LogP contribution < -0.4 is 15.4 Å². The molecule has 1 saturated heterocycles. The van der Waals surface area contributed by atoms with E-state index in [2.05, 4.69) is 20.8 Å². The number of halogens is 4. The fourth-order valence-corrected chi connectivity index (χ4v) is 4.37. The highest BCUT2D eigenvalue weighted by Gasteiger charge is 2.33. The number of amidine groups is 1. The Hall–Kier alpha value is -3.77. The Balaban J connectivity index is 1.35. The van der Waals surface area contributed by atoms with Crippen molar-refractivity contribution >= 4 is 52.2 Å². The predicted molar refractivity (Wildman–Crippen MR) is 135 cm³/mol. The normalized spacial score (nSPS) is 16.8. The first-order valence-electron chi connectivity index (χ1n) is 10.6. The molecule has 0 saturated carbocycles. The molecule has 1 aliphatic heterocycles. The number of anilines is 1. The zero-order valence-electron chi connectivity index (χ0n) is 19.0. The topological polar surface area (TPSA) is 105 Å². The van der Waals surface area contributed by atoms with E-state index in [9.17, 15) is 22.8 Å². The lowest BCUT2D eigenvalue weighted by atomic mass is 10.1.